The number of ether oxygens (including phenoxy) is 2. The molecule has 2 aromatic heterocycles. The fourth-order valence-electron chi connectivity index (χ4n) is 3.80. The van der Waals surface area contributed by atoms with Crippen LogP contribution in [0.2, 0.25) is 0 Å². The van der Waals surface area contributed by atoms with Gasteiger partial charge in [0.1, 0.15) is 11.5 Å². The summed E-state index contributed by atoms with van der Waals surface area (Å²) in [5.74, 6) is 1.66. The lowest BCUT2D eigenvalue weighted by molar-refractivity contribution is 0.215. The molecule has 0 saturated heterocycles. The van der Waals surface area contributed by atoms with E-state index in [2.05, 4.69) is 27.6 Å². The summed E-state index contributed by atoms with van der Waals surface area (Å²) >= 11 is 0. The Labute approximate surface area is 208 Å². The van der Waals surface area contributed by atoms with Crippen LogP contribution in [0.5, 0.6) is 11.5 Å². The smallest absolute Gasteiger partial charge is 0.417 e. The van der Waals surface area contributed by atoms with Crippen LogP contribution < -0.4 is 20.1 Å². The number of anilines is 3. The van der Waals surface area contributed by atoms with E-state index in [1.165, 1.54) is 5.56 Å². The van der Waals surface area contributed by atoms with Crippen molar-refractivity contribution >= 4 is 29.1 Å². The molecule has 0 atom stereocenters. The van der Waals surface area contributed by atoms with Gasteiger partial charge >= 0.3 is 6.09 Å². The molecule has 0 bridgehead atoms. The molecule has 0 aliphatic carbocycles. The predicted molar refractivity (Wildman–Crippen MR) is 140 cm³/mol. The fraction of sp³-hybridized carbons (Fsp3) is 0.107. The molecule has 5 rings (SSSR count). The van der Waals surface area contributed by atoms with E-state index in [1.807, 2.05) is 79.0 Å². The maximum atomic E-state index is 12.4. The molecule has 0 unspecified atom stereocenters. The summed E-state index contributed by atoms with van der Waals surface area (Å²) < 4.78 is 12.5. The van der Waals surface area contributed by atoms with Crippen molar-refractivity contribution in [3.63, 3.8) is 0 Å². The molecule has 8 nitrogen and oxygen atoms in total. The first-order valence-electron chi connectivity index (χ1n) is 11.6. The number of fused-ring (bicyclic) bond motifs is 1. The van der Waals surface area contributed by atoms with Crippen molar-refractivity contribution in [1.82, 2.24) is 14.6 Å². The third kappa shape index (κ3) is 5.12. The van der Waals surface area contributed by atoms with E-state index < -0.39 is 6.09 Å². The molecule has 1 amide bonds. The van der Waals surface area contributed by atoms with Crippen LogP contribution in [0, 0.1) is 0 Å². The molecular weight excluding hydrogens is 454 g/mol. The van der Waals surface area contributed by atoms with Gasteiger partial charge in [0.25, 0.3) is 0 Å². The summed E-state index contributed by atoms with van der Waals surface area (Å²) in [6.45, 7) is 2.08. The van der Waals surface area contributed by atoms with Gasteiger partial charge in [-0.3, -0.25) is 5.32 Å². The molecule has 0 radical (unpaired) electrons. The maximum absolute atomic E-state index is 12.4. The van der Waals surface area contributed by atoms with Gasteiger partial charge in [-0.05, 0) is 66.1 Å². The topological polar surface area (TPSA) is 89.8 Å². The highest BCUT2D eigenvalue weighted by atomic mass is 16.6. The zero-order valence-electron chi connectivity index (χ0n) is 19.9. The van der Waals surface area contributed by atoms with Crippen LogP contribution in [0.15, 0.2) is 91.1 Å². The van der Waals surface area contributed by atoms with Crippen molar-refractivity contribution in [3.8, 4) is 22.6 Å². The van der Waals surface area contributed by atoms with Crippen LogP contribution in [0.25, 0.3) is 16.8 Å². The standard InChI is InChI=1S/C28H25N5O3/c1-3-19-11-14-23(15-12-19)36-28(34)29-22-8-6-7-20(17-22)21-13-16-26-31-27(32-33(26)18-21)30-24-9-4-5-10-25(24)35-2/h4-18H,3H2,1-2H3,(H,29,34)(H,30,32). The van der Waals surface area contributed by atoms with Gasteiger partial charge in [-0.25, -0.2) is 9.31 Å². The minimum absolute atomic E-state index is 0.460. The van der Waals surface area contributed by atoms with E-state index in [0.29, 0.717) is 28.8 Å². The Morgan fingerprint density at radius 2 is 1.78 bits per heavy atom. The minimum atomic E-state index is -0.546. The molecule has 0 aliphatic heterocycles. The number of para-hydroxylation sites is 2. The third-order valence-corrected chi connectivity index (χ3v) is 5.67. The Bertz CT molecular complexity index is 1510. The van der Waals surface area contributed by atoms with Gasteiger partial charge in [0.15, 0.2) is 5.65 Å². The van der Waals surface area contributed by atoms with E-state index in [0.717, 1.165) is 23.2 Å². The highest BCUT2D eigenvalue weighted by Gasteiger charge is 2.10. The van der Waals surface area contributed by atoms with Crippen molar-refractivity contribution in [1.29, 1.82) is 0 Å². The van der Waals surface area contributed by atoms with Crippen molar-refractivity contribution in [2.24, 2.45) is 0 Å². The number of nitrogens with zero attached hydrogens (tertiary/aromatic N) is 3. The largest absolute Gasteiger partial charge is 0.495 e. The number of carbonyl (C=O) groups is 1. The summed E-state index contributed by atoms with van der Waals surface area (Å²) in [4.78, 5) is 16.9. The number of amides is 1. The molecule has 5 aromatic rings. The lowest BCUT2D eigenvalue weighted by Gasteiger charge is -2.09. The molecule has 0 spiro atoms. The molecule has 0 fully saturated rings. The Balaban J connectivity index is 1.31. The van der Waals surface area contributed by atoms with E-state index in [1.54, 1.807) is 23.8 Å². The average molecular weight is 480 g/mol. The van der Waals surface area contributed by atoms with Crippen molar-refractivity contribution in [2.45, 2.75) is 13.3 Å². The van der Waals surface area contributed by atoms with Crippen LogP contribution in [-0.4, -0.2) is 27.8 Å². The zero-order valence-corrected chi connectivity index (χ0v) is 19.9. The summed E-state index contributed by atoms with van der Waals surface area (Å²) in [5.41, 5.74) is 5.12. The van der Waals surface area contributed by atoms with Gasteiger partial charge in [-0.2, -0.15) is 4.98 Å². The summed E-state index contributed by atoms with van der Waals surface area (Å²) in [7, 11) is 1.62. The summed E-state index contributed by atoms with van der Waals surface area (Å²) in [6, 6.07) is 26.5. The van der Waals surface area contributed by atoms with Gasteiger partial charge in [0.05, 0.1) is 12.8 Å². The van der Waals surface area contributed by atoms with Gasteiger partial charge in [-0.1, -0.05) is 43.3 Å². The number of methoxy groups -OCH3 is 1. The first-order valence-corrected chi connectivity index (χ1v) is 11.6. The normalized spacial score (nSPS) is 10.7. The number of hydrogen-bond acceptors (Lipinski definition) is 6. The Kier molecular flexibility index (Phi) is 6.48. The summed E-state index contributed by atoms with van der Waals surface area (Å²) in [5, 5.41) is 10.5. The second kappa shape index (κ2) is 10.2. The number of carbonyl (C=O) groups excluding carboxylic acids is 1. The lowest BCUT2D eigenvalue weighted by Crippen LogP contribution is -2.16. The third-order valence-electron chi connectivity index (χ3n) is 5.67. The van der Waals surface area contributed by atoms with Crippen LogP contribution in [0.1, 0.15) is 12.5 Å². The second-order valence-electron chi connectivity index (χ2n) is 8.07. The first kappa shape index (κ1) is 22.9. The van der Waals surface area contributed by atoms with Gasteiger partial charge < -0.3 is 14.8 Å². The highest BCUT2D eigenvalue weighted by molar-refractivity contribution is 5.87. The van der Waals surface area contributed by atoms with Gasteiger partial charge in [0.2, 0.25) is 5.95 Å². The molecule has 3 aromatic carbocycles. The number of rotatable bonds is 7. The lowest BCUT2D eigenvalue weighted by atomic mass is 10.1. The maximum Gasteiger partial charge on any atom is 0.417 e. The van der Waals surface area contributed by atoms with Crippen molar-refractivity contribution in [3.05, 3.63) is 96.7 Å². The Morgan fingerprint density at radius 3 is 2.58 bits per heavy atom. The van der Waals surface area contributed by atoms with Crippen LogP contribution >= 0.6 is 0 Å². The number of nitrogens with one attached hydrogen (secondary N) is 2. The quantitative estimate of drug-likeness (QED) is 0.284. The predicted octanol–water partition coefficient (Wildman–Crippen LogP) is 6.32. The first-order chi connectivity index (χ1) is 17.6. The zero-order chi connectivity index (χ0) is 24.9. The molecule has 2 N–H and O–H groups in total. The molecular formula is C28H25N5O3. The monoisotopic (exact) mass is 479 g/mol. The molecule has 0 saturated carbocycles. The molecule has 36 heavy (non-hydrogen) atoms. The van der Waals surface area contributed by atoms with Crippen LogP contribution in [0.3, 0.4) is 0 Å². The Hall–Kier alpha value is -4.85. The van der Waals surface area contributed by atoms with E-state index in [-0.39, 0.29) is 0 Å². The minimum Gasteiger partial charge on any atom is -0.495 e. The number of pyridine rings is 1. The highest BCUT2D eigenvalue weighted by Crippen LogP contribution is 2.27. The Morgan fingerprint density at radius 1 is 0.944 bits per heavy atom. The average Bonchev–Trinajstić information content (AvgIpc) is 3.31. The number of benzene rings is 3. The van der Waals surface area contributed by atoms with E-state index in [9.17, 15) is 4.79 Å². The molecule has 8 heteroatoms. The van der Waals surface area contributed by atoms with Crippen molar-refractivity contribution in [2.75, 3.05) is 17.7 Å². The van der Waals surface area contributed by atoms with E-state index >= 15 is 0 Å². The molecule has 2 heterocycles. The number of hydrogen-bond donors (Lipinski definition) is 2. The van der Waals surface area contributed by atoms with Crippen LogP contribution in [0.4, 0.5) is 22.1 Å². The van der Waals surface area contributed by atoms with Crippen molar-refractivity contribution < 1.29 is 14.3 Å². The molecule has 0 aliphatic rings. The number of aromatic nitrogens is 3. The SMILES string of the molecule is CCc1ccc(OC(=O)Nc2cccc(-c3ccc4nc(Nc5ccccc5OC)nn4c3)c2)cc1. The van der Waals surface area contributed by atoms with E-state index in [4.69, 9.17) is 9.47 Å². The molecule has 180 valence electrons. The van der Waals surface area contributed by atoms with Crippen LogP contribution in [-0.2, 0) is 6.42 Å². The fourth-order valence-corrected chi connectivity index (χ4v) is 3.80. The number of aryl methyl sites for hydroxylation is 1. The summed E-state index contributed by atoms with van der Waals surface area (Å²) in [6.07, 6.45) is 2.28. The van der Waals surface area contributed by atoms with Gasteiger partial charge in [0, 0.05) is 17.4 Å². The van der Waals surface area contributed by atoms with Gasteiger partial charge in [-0.15, -0.1) is 5.10 Å². The second-order valence-corrected chi connectivity index (χ2v) is 8.07.